The third-order valence-electron chi connectivity index (χ3n) is 4.13. The molecule has 5 heteroatoms. The lowest BCUT2D eigenvalue weighted by atomic mass is 9.79. The van der Waals surface area contributed by atoms with Crippen LogP contribution < -0.4 is 5.32 Å². The quantitative estimate of drug-likeness (QED) is 0.837. The van der Waals surface area contributed by atoms with Crippen molar-refractivity contribution >= 4 is 17.4 Å². The molecule has 0 bridgehead atoms. The maximum absolute atomic E-state index is 6.05. The molecule has 1 saturated carbocycles. The molecule has 3 unspecified atom stereocenters. The van der Waals surface area contributed by atoms with Gasteiger partial charge in [-0.05, 0) is 38.0 Å². The molecule has 0 aliphatic heterocycles. The number of nitrogens with one attached hydrogen (secondary N) is 1. The van der Waals surface area contributed by atoms with Gasteiger partial charge in [-0.15, -0.1) is 0 Å². The first-order valence-electron chi connectivity index (χ1n) is 7.46. The SMILES string of the molecule is CCOCc1nc(Cl)cc(NC2CCC(C)C(C)C2)n1. The Bertz CT molecular complexity index is 441. The van der Waals surface area contributed by atoms with Crippen molar-refractivity contribution in [2.24, 2.45) is 11.8 Å². The number of halogens is 1. The van der Waals surface area contributed by atoms with Crippen molar-refractivity contribution < 1.29 is 4.74 Å². The van der Waals surface area contributed by atoms with E-state index in [1.54, 1.807) is 6.07 Å². The van der Waals surface area contributed by atoms with E-state index in [-0.39, 0.29) is 0 Å². The molecule has 1 aromatic rings. The van der Waals surface area contributed by atoms with E-state index >= 15 is 0 Å². The predicted molar refractivity (Wildman–Crippen MR) is 82.0 cm³/mol. The summed E-state index contributed by atoms with van der Waals surface area (Å²) in [6.45, 7) is 7.67. The van der Waals surface area contributed by atoms with E-state index in [1.807, 2.05) is 6.92 Å². The molecule has 1 heterocycles. The first kappa shape index (κ1) is 15.5. The molecule has 0 radical (unpaired) electrons. The molecule has 2 rings (SSSR count). The number of nitrogens with zero attached hydrogens (tertiary/aromatic N) is 2. The highest BCUT2D eigenvalue weighted by atomic mass is 35.5. The summed E-state index contributed by atoms with van der Waals surface area (Å²) in [5.74, 6) is 3.02. The van der Waals surface area contributed by atoms with Crippen LogP contribution in [0.2, 0.25) is 5.15 Å². The lowest BCUT2D eigenvalue weighted by molar-refractivity contribution is 0.128. The Morgan fingerprint density at radius 3 is 2.80 bits per heavy atom. The highest BCUT2D eigenvalue weighted by Crippen LogP contribution is 2.31. The first-order chi connectivity index (χ1) is 9.58. The summed E-state index contributed by atoms with van der Waals surface area (Å²) < 4.78 is 5.34. The van der Waals surface area contributed by atoms with Crippen LogP contribution in [0.3, 0.4) is 0 Å². The van der Waals surface area contributed by atoms with Crippen molar-refractivity contribution in [3.05, 3.63) is 17.0 Å². The van der Waals surface area contributed by atoms with Crippen molar-refractivity contribution in [1.29, 1.82) is 0 Å². The maximum atomic E-state index is 6.05. The Labute approximate surface area is 126 Å². The highest BCUT2D eigenvalue weighted by Gasteiger charge is 2.24. The van der Waals surface area contributed by atoms with Crippen LogP contribution in [0.4, 0.5) is 5.82 Å². The van der Waals surface area contributed by atoms with Crippen molar-refractivity contribution in [3.63, 3.8) is 0 Å². The second kappa shape index (κ2) is 7.23. The van der Waals surface area contributed by atoms with Gasteiger partial charge in [0.1, 0.15) is 17.6 Å². The van der Waals surface area contributed by atoms with E-state index in [0.29, 0.717) is 30.2 Å². The molecule has 3 atom stereocenters. The van der Waals surface area contributed by atoms with Gasteiger partial charge in [0, 0.05) is 18.7 Å². The normalized spacial score (nSPS) is 26.5. The second-order valence-electron chi connectivity index (χ2n) is 5.74. The van der Waals surface area contributed by atoms with Crippen LogP contribution in [-0.2, 0) is 11.3 Å². The zero-order chi connectivity index (χ0) is 14.5. The molecular weight excluding hydrogens is 274 g/mol. The molecule has 0 aromatic carbocycles. The predicted octanol–water partition coefficient (Wildman–Crippen LogP) is 3.90. The van der Waals surface area contributed by atoms with E-state index in [2.05, 4.69) is 29.1 Å². The summed E-state index contributed by atoms with van der Waals surface area (Å²) >= 11 is 6.05. The third-order valence-corrected chi connectivity index (χ3v) is 4.32. The number of hydrogen-bond donors (Lipinski definition) is 1. The molecule has 20 heavy (non-hydrogen) atoms. The molecule has 1 aliphatic carbocycles. The minimum Gasteiger partial charge on any atom is -0.374 e. The molecule has 0 amide bonds. The fourth-order valence-corrected chi connectivity index (χ4v) is 2.89. The average molecular weight is 298 g/mol. The van der Waals surface area contributed by atoms with Crippen LogP contribution in [0.15, 0.2) is 6.07 Å². The van der Waals surface area contributed by atoms with Crippen molar-refractivity contribution in [2.45, 2.75) is 52.7 Å². The Morgan fingerprint density at radius 2 is 2.10 bits per heavy atom. The molecule has 1 aromatic heterocycles. The summed E-state index contributed by atoms with van der Waals surface area (Å²) in [4.78, 5) is 8.66. The van der Waals surface area contributed by atoms with Crippen LogP contribution in [0.5, 0.6) is 0 Å². The molecule has 112 valence electrons. The Kier molecular flexibility index (Phi) is 5.61. The van der Waals surface area contributed by atoms with Crippen molar-refractivity contribution in [3.8, 4) is 0 Å². The number of aromatic nitrogens is 2. The fourth-order valence-electron chi connectivity index (χ4n) is 2.68. The maximum Gasteiger partial charge on any atom is 0.158 e. The third kappa shape index (κ3) is 4.32. The Morgan fingerprint density at radius 1 is 1.30 bits per heavy atom. The Balaban J connectivity index is 1.99. The molecule has 0 saturated heterocycles. The zero-order valence-electron chi connectivity index (χ0n) is 12.5. The van der Waals surface area contributed by atoms with Gasteiger partial charge in [0.2, 0.25) is 0 Å². The van der Waals surface area contributed by atoms with Gasteiger partial charge < -0.3 is 10.1 Å². The number of rotatable bonds is 5. The van der Waals surface area contributed by atoms with E-state index in [1.165, 1.54) is 19.3 Å². The largest absolute Gasteiger partial charge is 0.374 e. The number of hydrogen-bond acceptors (Lipinski definition) is 4. The van der Waals surface area contributed by atoms with Gasteiger partial charge in [0.15, 0.2) is 5.82 Å². The van der Waals surface area contributed by atoms with Crippen LogP contribution in [-0.4, -0.2) is 22.6 Å². The lowest BCUT2D eigenvalue weighted by Crippen LogP contribution is -2.30. The minimum absolute atomic E-state index is 0.407. The smallest absolute Gasteiger partial charge is 0.158 e. The van der Waals surface area contributed by atoms with Gasteiger partial charge in [-0.1, -0.05) is 25.4 Å². The molecule has 1 aliphatic rings. The van der Waals surface area contributed by atoms with Gasteiger partial charge in [-0.25, -0.2) is 9.97 Å². The fraction of sp³-hybridized carbons (Fsp3) is 0.733. The number of ether oxygens (including phenoxy) is 1. The summed E-state index contributed by atoms with van der Waals surface area (Å²) in [6.07, 6.45) is 3.64. The van der Waals surface area contributed by atoms with Gasteiger partial charge in [0.25, 0.3) is 0 Å². The van der Waals surface area contributed by atoms with Gasteiger partial charge in [-0.3, -0.25) is 0 Å². The Hall–Kier alpha value is -0.870. The van der Waals surface area contributed by atoms with Crippen molar-refractivity contribution in [2.75, 3.05) is 11.9 Å². The summed E-state index contributed by atoms with van der Waals surface area (Å²) in [5.41, 5.74) is 0. The highest BCUT2D eigenvalue weighted by molar-refractivity contribution is 6.29. The lowest BCUT2D eigenvalue weighted by Gasteiger charge is -2.32. The van der Waals surface area contributed by atoms with Gasteiger partial charge in [-0.2, -0.15) is 0 Å². The molecular formula is C15H24ClN3O. The number of anilines is 1. The van der Waals surface area contributed by atoms with Crippen LogP contribution in [0.25, 0.3) is 0 Å². The summed E-state index contributed by atoms with van der Waals surface area (Å²) in [6, 6.07) is 2.27. The summed E-state index contributed by atoms with van der Waals surface area (Å²) in [5, 5.41) is 3.97. The summed E-state index contributed by atoms with van der Waals surface area (Å²) in [7, 11) is 0. The molecule has 1 N–H and O–H groups in total. The second-order valence-corrected chi connectivity index (χ2v) is 6.13. The van der Waals surface area contributed by atoms with E-state index in [4.69, 9.17) is 16.3 Å². The van der Waals surface area contributed by atoms with Crippen LogP contribution in [0, 0.1) is 11.8 Å². The van der Waals surface area contributed by atoms with Crippen LogP contribution in [0.1, 0.15) is 45.9 Å². The van der Waals surface area contributed by atoms with Gasteiger partial charge in [0.05, 0.1) is 0 Å². The first-order valence-corrected chi connectivity index (χ1v) is 7.84. The van der Waals surface area contributed by atoms with E-state index < -0.39 is 0 Å². The zero-order valence-corrected chi connectivity index (χ0v) is 13.3. The van der Waals surface area contributed by atoms with Crippen molar-refractivity contribution in [1.82, 2.24) is 9.97 Å². The van der Waals surface area contributed by atoms with Crippen LogP contribution >= 0.6 is 11.6 Å². The monoisotopic (exact) mass is 297 g/mol. The molecule has 4 nitrogen and oxygen atoms in total. The topological polar surface area (TPSA) is 47.0 Å². The molecule has 0 spiro atoms. The van der Waals surface area contributed by atoms with Gasteiger partial charge >= 0.3 is 0 Å². The molecule has 1 fully saturated rings. The minimum atomic E-state index is 0.407. The standard InChI is InChI=1S/C15H24ClN3O/c1-4-20-9-15-18-13(16)8-14(19-15)17-12-6-5-10(2)11(3)7-12/h8,10-12H,4-7,9H2,1-3H3,(H,17,18,19). The average Bonchev–Trinajstić information content (AvgIpc) is 2.40. The van der Waals surface area contributed by atoms with E-state index in [9.17, 15) is 0 Å². The van der Waals surface area contributed by atoms with E-state index in [0.717, 1.165) is 17.7 Å².